The highest BCUT2D eigenvalue weighted by atomic mass is 16.2. The Kier molecular flexibility index (Phi) is 6.51. The van der Waals surface area contributed by atoms with Crippen LogP contribution in [0.2, 0.25) is 0 Å². The monoisotopic (exact) mass is 400 g/mol. The molecule has 1 atom stereocenters. The molecular formula is C21H28N4O4. The zero-order valence-electron chi connectivity index (χ0n) is 17.0. The number of aromatic amines is 1. The van der Waals surface area contributed by atoms with Crippen LogP contribution in [0.5, 0.6) is 0 Å². The number of nitrogens with one attached hydrogen (secondary N) is 2. The van der Waals surface area contributed by atoms with Crippen LogP contribution in [0.4, 0.5) is 0 Å². The predicted molar refractivity (Wildman–Crippen MR) is 111 cm³/mol. The molecule has 1 aliphatic heterocycles. The number of fused-ring (bicyclic) bond motifs is 1. The van der Waals surface area contributed by atoms with Crippen LogP contribution in [0.1, 0.15) is 49.9 Å². The number of likely N-dealkylation sites (tertiary alicyclic amines) is 1. The summed E-state index contributed by atoms with van der Waals surface area (Å²) in [4.78, 5) is 54.2. The number of hydrogen-bond donors (Lipinski definition) is 2. The second kappa shape index (κ2) is 9.07. The van der Waals surface area contributed by atoms with Gasteiger partial charge < -0.3 is 15.2 Å². The van der Waals surface area contributed by atoms with E-state index in [1.54, 1.807) is 30.0 Å². The van der Waals surface area contributed by atoms with Crippen molar-refractivity contribution in [3.63, 3.8) is 0 Å². The van der Waals surface area contributed by atoms with E-state index < -0.39 is 5.69 Å². The van der Waals surface area contributed by atoms with E-state index in [1.165, 1.54) is 0 Å². The van der Waals surface area contributed by atoms with Gasteiger partial charge in [0.05, 0.1) is 16.8 Å². The molecule has 8 nitrogen and oxygen atoms in total. The van der Waals surface area contributed by atoms with E-state index in [4.69, 9.17) is 0 Å². The number of unbranched alkanes of at least 4 members (excludes halogenated alkanes) is 1. The van der Waals surface area contributed by atoms with E-state index in [2.05, 4.69) is 17.2 Å². The number of H-pyrrole nitrogens is 1. The van der Waals surface area contributed by atoms with Gasteiger partial charge in [0.15, 0.2) is 0 Å². The Labute approximate surface area is 168 Å². The summed E-state index contributed by atoms with van der Waals surface area (Å²) in [5.41, 5.74) is -0.112. The Morgan fingerprint density at radius 2 is 2.03 bits per heavy atom. The second-order valence-corrected chi connectivity index (χ2v) is 7.47. The second-order valence-electron chi connectivity index (χ2n) is 7.47. The maximum Gasteiger partial charge on any atom is 0.328 e. The number of carbonyl (C=O) groups is 2. The fourth-order valence-electron chi connectivity index (χ4n) is 3.77. The SMILES string of the molecule is CCCCNC(=O)C1CCCN(C(=O)c2ccc3c(=O)n(CC)c(=O)[nH]c3c2)C1. The molecule has 1 aromatic heterocycles. The first-order chi connectivity index (χ1) is 14.0. The third kappa shape index (κ3) is 4.41. The molecule has 0 radical (unpaired) electrons. The summed E-state index contributed by atoms with van der Waals surface area (Å²) in [6.07, 6.45) is 3.49. The molecule has 0 aliphatic carbocycles. The lowest BCUT2D eigenvalue weighted by Crippen LogP contribution is -2.45. The van der Waals surface area contributed by atoms with Crippen molar-refractivity contribution in [1.29, 1.82) is 0 Å². The van der Waals surface area contributed by atoms with Gasteiger partial charge in [0.2, 0.25) is 5.91 Å². The molecule has 29 heavy (non-hydrogen) atoms. The van der Waals surface area contributed by atoms with Crippen LogP contribution in [-0.2, 0) is 11.3 Å². The van der Waals surface area contributed by atoms with Gasteiger partial charge in [-0.25, -0.2) is 4.79 Å². The molecule has 156 valence electrons. The predicted octanol–water partition coefficient (Wildman–Crippen LogP) is 1.48. The molecule has 1 aromatic carbocycles. The molecule has 2 heterocycles. The normalized spacial score (nSPS) is 16.8. The first kappa shape index (κ1) is 20.8. The lowest BCUT2D eigenvalue weighted by atomic mass is 9.96. The van der Waals surface area contributed by atoms with Crippen molar-refractivity contribution in [2.45, 2.75) is 46.1 Å². The number of aromatic nitrogens is 2. The van der Waals surface area contributed by atoms with Gasteiger partial charge in [-0.05, 0) is 44.4 Å². The van der Waals surface area contributed by atoms with Crippen molar-refractivity contribution in [2.24, 2.45) is 5.92 Å². The minimum atomic E-state index is -0.489. The molecule has 8 heteroatoms. The van der Waals surface area contributed by atoms with Gasteiger partial charge >= 0.3 is 5.69 Å². The molecule has 1 unspecified atom stereocenters. The average molecular weight is 400 g/mol. The maximum atomic E-state index is 13.0. The summed E-state index contributed by atoms with van der Waals surface area (Å²) < 4.78 is 1.12. The highest BCUT2D eigenvalue weighted by molar-refractivity contribution is 5.98. The minimum Gasteiger partial charge on any atom is -0.356 e. The first-order valence-electron chi connectivity index (χ1n) is 10.3. The molecule has 0 bridgehead atoms. The fraction of sp³-hybridized carbons (Fsp3) is 0.524. The number of rotatable bonds is 6. The van der Waals surface area contributed by atoms with Gasteiger partial charge in [-0.1, -0.05) is 13.3 Å². The zero-order valence-corrected chi connectivity index (χ0v) is 17.0. The Balaban J connectivity index is 1.79. The van der Waals surface area contributed by atoms with Crippen molar-refractivity contribution >= 4 is 22.7 Å². The van der Waals surface area contributed by atoms with Crippen LogP contribution in [-0.4, -0.2) is 45.9 Å². The van der Waals surface area contributed by atoms with E-state index in [0.717, 1.165) is 30.3 Å². The lowest BCUT2D eigenvalue weighted by molar-refractivity contribution is -0.126. The van der Waals surface area contributed by atoms with Crippen molar-refractivity contribution in [1.82, 2.24) is 19.8 Å². The summed E-state index contributed by atoms with van der Waals surface area (Å²) in [6, 6.07) is 4.73. The summed E-state index contributed by atoms with van der Waals surface area (Å²) in [5, 5.41) is 3.32. The molecule has 2 N–H and O–H groups in total. The largest absolute Gasteiger partial charge is 0.356 e. The van der Waals surface area contributed by atoms with Crippen LogP contribution in [0.15, 0.2) is 27.8 Å². The van der Waals surface area contributed by atoms with E-state index in [9.17, 15) is 19.2 Å². The highest BCUT2D eigenvalue weighted by Crippen LogP contribution is 2.20. The Morgan fingerprint density at radius 3 is 2.76 bits per heavy atom. The van der Waals surface area contributed by atoms with Gasteiger partial charge in [0, 0.05) is 31.7 Å². The topological polar surface area (TPSA) is 104 Å². The van der Waals surface area contributed by atoms with Gasteiger partial charge in [-0.15, -0.1) is 0 Å². The minimum absolute atomic E-state index is 0.00101. The van der Waals surface area contributed by atoms with Crippen molar-refractivity contribution in [2.75, 3.05) is 19.6 Å². The van der Waals surface area contributed by atoms with Crippen LogP contribution in [0, 0.1) is 5.92 Å². The molecule has 1 saturated heterocycles. The molecule has 2 amide bonds. The van der Waals surface area contributed by atoms with E-state index in [1.807, 2.05) is 0 Å². The lowest BCUT2D eigenvalue weighted by Gasteiger charge is -2.32. The summed E-state index contributed by atoms with van der Waals surface area (Å²) in [6.45, 7) is 5.70. The number of benzene rings is 1. The highest BCUT2D eigenvalue weighted by Gasteiger charge is 2.29. The smallest absolute Gasteiger partial charge is 0.328 e. The van der Waals surface area contributed by atoms with Gasteiger partial charge in [0.25, 0.3) is 11.5 Å². The van der Waals surface area contributed by atoms with Crippen molar-refractivity contribution in [3.8, 4) is 0 Å². The third-order valence-corrected chi connectivity index (χ3v) is 5.45. The molecule has 0 spiro atoms. The van der Waals surface area contributed by atoms with Gasteiger partial charge in [0.1, 0.15) is 0 Å². The fourth-order valence-corrected chi connectivity index (χ4v) is 3.77. The van der Waals surface area contributed by atoms with Gasteiger partial charge in [-0.3, -0.25) is 19.0 Å². The summed E-state index contributed by atoms with van der Waals surface area (Å²) in [5.74, 6) is -0.404. The Morgan fingerprint density at radius 1 is 1.24 bits per heavy atom. The maximum absolute atomic E-state index is 13.0. The van der Waals surface area contributed by atoms with Crippen molar-refractivity contribution < 1.29 is 9.59 Å². The van der Waals surface area contributed by atoms with Gasteiger partial charge in [-0.2, -0.15) is 0 Å². The van der Waals surface area contributed by atoms with Crippen LogP contribution in [0.25, 0.3) is 10.9 Å². The first-order valence-corrected chi connectivity index (χ1v) is 10.3. The molecule has 1 aliphatic rings. The van der Waals surface area contributed by atoms with Crippen LogP contribution < -0.4 is 16.6 Å². The number of nitrogens with zero attached hydrogens (tertiary/aromatic N) is 2. The van der Waals surface area contributed by atoms with Crippen molar-refractivity contribution in [3.05, 3.63) is 44.6 Å². The standard InChI is InChI=1S/C21H28N4O4/c1-3-5-10-22-18(26)15-7-6-11-24(13-15)19(27)14-8-9-16-17(12-14)23-21(29)25(4-2)20(16)28/h8-9,12,15H,3-7,10-11,13H2,1-2H3,(H,22,26)(H,23,29). The Hall–Kier alpha value is -2.90. The number of hydrogen-bond acceptors (Lipinski definition) is 4. The summed E-state index contributed by atoms with van der Waals surface area (Å²) >= 11 is 0. The van der Waals surface area contributed by atoms with E-state index in [-0.39, 0.29) is 29.8 Å². The number of carbonyl (C=O) groups excluding carboxylic acids is 2. The quantitative estimate of drug-likeness (QED) is 0.717. The molecule has 2 aromatic rings. The molecule has 1 fully saturated rings. The molecule has 3 rings (SSSR count). The van der Waals surface area contributed by atoms with E-state index >= 15 is 0 Å². The van der Waals surface area contributed by atoms with E-state index in [0.29, 0.717) is 36.1 Å². The van der Waals surface area contributed by atoms with Crippen LogP contribution >= 0.6 is 0 Å². The molecular weight excluding hydrogens is 372 g/mol. The zero-order chi connectivity index (χ0) is 21.0. The Bertz CT molecular complexity index is 1020. The number of amides is 2. The number of piperidine rings is 1. The third-order valence-electron chi connectivity index (χ3n) is 5.45. The molecule has 0 saturated carbocycles. The summed E-state index contributed by atoms with van der Waals surface area (Å²) in [7, 11) is 0. The average Bonchev–Trinajstić information content (AvgIpc) is 2.73. The van der Waals surface area contributed by atoms with Crippen LogP contribution in [0.3, 0.4) is 0 Å².